The molecule has 0 spiro atoms. The van der Waals surface area contributed by atoms with Crippen LogP contribution in [0.1, 0.15) is 23.7 Å². The normalized spacial score (nSPS) is 11.5. The standard InChI is InChI=1S/C11H13N3O/c1-3-5-8(2)14-11-9(10(12)15)6-4-7-13-11/h1,4,6-8H,5H2,2H3,(H2,12,15)(H,13,14). The average Bonchev–Trinajstić information content (AvgIpc) is 2.18. The second kappa shape index (κ2) is 5.01. The number of terminal acetylenes is 1. The molecular formula is C11H13N3O. The molecule has 0 aliphatic rings. The fraction of sp³-hybridized carbons (Fsp3) is 0.273. The number of nitrogens with zero attached hydrogens (tertiary/aromatic N) is 1. The molecule has 78 valence electrons. The minimum atomic E-state index is -0.501. The van der Waals surface area contributed by atoms with Gasteiger partial charge in [-0.15, -0.1) is 12.3 Å². The molecule has 1 amide bonds. The summed E-state index contributed by atoms with van der Waals surface area (Å²) >= 11 is 0. The Balaban J connectivity index is 2.85. The van der Waals surface area contributed by atoms with Crippen LogP contribution in [0, 0.1) is 12.3 Å². The van der Waals surface area contributed by atoms with Gasteiger partial charge in [0.1, 0.15) is 5.82 Å². The van der Waals surface area contributed by atoms with Crippen LogP contribution in [0.2, 0.25) is 0 Å². The predicted octanol–water partition coefficient (Wildman–Crippen LogP) is 1.00. The van der Waals surface area contributed by atoms with Gasteiger partial charge in [-0.3, -0.25) is 4.79 Å². The van der Waals surface area contributed by atoms with Crippen LogP contribution < -0.4 is 11.1 Å². The number of primary amides is 1. The molecule has 1 aromatic rings. The monoisotopic (exact) mass is 203 g/mol. The minimum Gasteiger partial charge on any atom is -0.366 e. The van der Waals surface area contributed by atoms with E-state index in [1.165, 1.54) is 0 Å². The Hall–Kier alpha value is -2.02. The van der Waals surface area contributed by atoms with Gasteiger partial charge in [0.05, 0.1) is 5.56 Å². The molecule has 1 aromatic heterocycles. The zero-order chi connectivity index (χ0) is 11.3. The van der Waals surface area contributed by atoms with Crippen LogP contribution in [-0.4, -0.2) is 16.9 Å². The van der Waals surface area contributed by atoms with Crippen molar-refractivity contribution in [3.8, 4) is 12.3 Å². The summed E-state index contributed by atoms with van der Waals surface area (Å²) in [6.45, 7) is 1.92. The van der Waals surface area contributed by atoms with E-state index in [-0.39, 0.29) is 6.04 Å². The van der Waals surface area contributed by atoms with E-state index in [0.717, 1.165) is 0 Å². The number of anilines is 1. The second-order valence-electron chi connectivity index (χ2n) is 3.22. The zero-order valence-electron chi connectivity index (χ0n) is 8.53. The van der Waals surface area contributed by atoms with Crippen molar-refractivity contribution >= 4 is 11.7 Å². The van der Waals surface area contributed by atoms with Crippen LogP contribution in [0.3, 0.4) is 0 Å². The Labute approximate surface area is 88.9 Å². The summed E-state index contributed by atoms with van der Waals surface area (Å²) in [4.78, 5) is 15.1. The first-order valence-electron chi connectivity index (χ1n) is 4.60. The molecule has 4 nitrogen and oxygen atoms in total. The summed E-state index contributed by atoms with van der Waals surface area (Å²) in [7, 11) is 0. The van der Waals surface area contributed by atoms with Gasteiger partial charge in [-0.1, -0.05) is 0 Å². The Morgan fingerprint density at radius 1 is 1.80 bits per heavy atom. The molecule has 1 atom stereocenters. The number of carbonyl (C=O) groups excluding carboxylic acids is 1. The molecule has 0 saturated heterocycles. The maximum Gasteiger partial charge on any atom is 0.252 e. The highest BCUT2D eigenvalue weighted by Crippen LogP contribution is 2.12. The molecule has 1 unspecified atom stereocenters. The van der Waals surface area contributed by atoms with E-state index in [4.69, 9.17) is 12.2 Å². The lowest BCUT2D eigenvalue weighted by atomic mass is 10.2. The van der Waals surface area contributed by atoms with E-state index < -0.39 is 5.91 Å². The van der Waals surface area contributed by atoms with Gasteiger partial charge < -0.3 is 11.1 Å². The molecule has 0 aliphatic heterocycles. The van der Waals surface area contributed by atoms with Gasteiger partial charge in [0, 0.05) is 18.7 Å². The molecule has 0 bridgehead atoms. The van der Waals surface area contributed by atoms with Crippen LogP contribution in [-0.2, 0) is 0 Å². The largest absolute Gasteiger partial charge is 0.366 e. The number of nitrogens with two attached hydrogens (primary N) is 1. The minimum absolute atomic E-state index is 0.0583. The molecule has 3 N–H and O–H groups in total. The maximum absolute atomic E-state index is 11.1. The number of hydrogen-bond donors (Lipinski definition) is 2. The van der Waals surface area contributed by atoms with Crippen LogP contribution >= 0.6 is 0 Å². The van der Waals surface area contributed by atoms with Gasteiger partial charge in [0.25, 0.3) is 5.91 Å². The molecule has 0 radical (unpaired) electrons. The lowest BCUT2D eigenvalue weighted by Crippen LogP contribution is -2.20. The van der Waals surface area contributed by atoms with Crippen molar-refractivity contribution in [2.45, 2.75) is 19.4 Å². The van der Waals surface area contributed by atoms with E-state index in [2.05, 4.69) is 16.2 Å². The van der Waals surface area contributed by atoms with Gasteiger partial charge >= 0.3 is 0 Å². The van der Waals surface area contributed by atoms with Crippen LogP contribution in [0.25, 0.3) is 0 Å². The van der Waals surface area contributed by atoms with E-state index in [9.17, 15) is 4.79 Å². The lowest BCUT2D eigenvalue weighted by molar-refractivity contribution is 0.100. The highest BCUT2D eigenvalue weighted by molar-refractivity contribution is 5.97. The smallest absolute Gasteiger partial charge is 0.252 e. The summed E-state index contributed by atoms with van der Waals surface area (Å²) in [5, 5.41) is 3.04. The number of amides is 1. The van der Waals surface area contributed by atoms with E-state index in [1.54, 1.807) is 18.3 Å². The Kier molecular flexibility index (Phi) is 3.69. The number of carbonyl (C=O) groups is 1. The van der Waals surface area contributed by atoms with Crippen molar-refractivity contribution in [1.82, 2.24) is 4.98 Å². The summed E-state index contributed by atoms with van der Waals surface area (Å²) in [5.41, 5.74) is 5.58. The Bertz CT molecular complexity index is 395. The molecule has 15 heavy (non-hydrogen) atoms. The van der Waals surface area contributed by atoms with E-state index in [0.29, 0.717) is 17.8 Å². The number of rotatable bonds is 4. The van der Waals surface area contributed by atoms with Gasteiger partial charge in [-0.05, 0) is 19.1 Å². The molecule has 0 aromatic carbocycles. The lowest BCUT2D eigenvalue weighted by Gasteiger charge is -2.13. The van der Waals surface area contributed by atoms with Gasteiger partial charge in [0.2, 0.25) is 0 Å². The van der Waals surface area contributed by atoms with Crippen molar-refractivity contribution in [3.63, 3.8) is 0 Å². The van der Waals surface area contributed by atoms with Crippen molar-refractivity contribution in [2.24, 2.45) is 5.73 Å². The van der Waals surface area contributed by atoms with Crippen LogP contribution in [0.15, 0.2) is 18.3 Å². The van der Waals surface area contributed by atoms with E-state index >= 15 is 0 Å². The summed E-state index contributed by atoms with van der Waals surface area (Å²) in [6, 6.07) is 3.35. The number of pyridine rings is 1. The highest BCUT2D eigenvalue weighted by atomic mass is 16.1. The molecule has 1 heterocycles. The van der Waals surface area contributed by atoms with Crippen LogP contribution in [0.4, 0.5) is 5.82 Å². The summed E-state index contributed by atoms with van der Waals surface area (Å²) < 4.78 is 0. The maximum atomic E-state index is 11.1. The first kappa shape index (κ1) is 11.1. The molecule has 0 saturated carbocycles. The third-order valence-electron chi connectivity index (χ3n) is 1.88. The summed E-state index contributed by atoms with van der Waals surface area (Å²) in [5.74, 6) is 2.51. The third-order valence-corrected chi connectivity index (χ3v) is 1.88. The fourth-order valence-corrected chi connectivity index (χ4v) is 1.18. The molecular weight excluding hydrogens is 190 g/mol. The first-order chi connectivity index (χ1) is 7.15. The quantitative estimate of drug-likeness (QED) is 0.717. The highest BCUT2D eigenvalue weighted by Gasteiger charge is 2.10. The Morgan fingerprint density at radius 2 is 2.53 bits per heavy atom. The third kappa shape index (κ3) is 2.99. The van der Waals surface area contributed by atoms with Crippen molar-refractivity contribution in [1.29, 1.82) is 0 Å². The van der Waals surface area contributed by atoms with Gasteiger partial charge in [0.15, 0.2) is 0 Å². The number of nitrogens with one attached hydrogen (secondary N) is 1. The summed E-state index contributed by atoms with van der Waals surface area (Å²) in [6.07, 6.45) is 7.34. The predicted molar refractivity (Wildman–Crippen MR) is 59.3 cm³/mol. The second-order valence-corrected chi connectivity index (χ2v) is 3.22. The number of hydrogen-bond acceptors (Lipinski definition) is 3. The topological polar surface area (TPSA) is 68.0 Å². The van der Waals surface area contributed by atoms with Gasteiger partial charge in [-0.25, -0.2) is 4.98 Å². The molecule has 0 fully saturated rings. The van der Waals surface area contributed by atoms with Gasteiger partial charge in [-0.2, -0.15) is 0 Å². The first-order valence-corrected chi connectivity index (χ1v) is 4.60. The molecule has 0 aliphatic carbocycles. The molecule has 4 heteroatoms. The zero-order valence-corrected chi connectivity index (χ0v) is 8.53. The SMILES string of the molecule is C#CCC(C)Nc1ncccc1C(N)=O. The van der Waals surface area contributed by atoms with Crippen molar-refractivity contribution in [3.05, 3.63) is 23.9 Å². The fourth-order valence-electron chi connectivity index (χ4n) is 1.18. The van der Waals surface area contributed by atoms with Crippen LogP contribution in [0.5, 0.6) is 0 Å². The van der Waals surface area contributed by atoms with E-state index in [1.807, 2.05) is 6.92 Å². The van der Waals surface area contributed by atoms with Crippen molar-refractivity contribution < 1.29 is 4.79 Å². The van der Waals surface area contributed by atoms with Crippen molar-refractivity contribution in [2.75, 3.05) is 5.32 Å². The average molecular weight is 203 g/mol. The molecule has 1 rings (SSSR count). The number of aromatic nitrogens is 1. The Morgan fingerprint density at radius 3 is 3.13 bits per heavy atom.